The van der Waals surface area contributed by atoms with E-state index in [9.17, 15) is 14.4 Å². The molecule has 1 rings (SSSR count). The van der Waals surface area contributed by atoms with Crippen LogP contribution < -0.4 is 5.32 Å². The summed E-state index contributed by atoms with van der Waals surface area (Å²) in [7, 11) is 3.20. The van der Waals surface area contributed by atoms with E-state index in [2.05, 4.69) is 5.32 Å². The van der Waals surface area contributed by atoms with Gasteiger partial charge in [-0.1, -0.05) is 0 Å². The fraction of sp³-hybridized carbons (Fsp3) is 0.750. The predicted octanol–water partition coefficient (Wildman–Crippen LogP) is -0.0291. The summed E-state index contributed by atoms with van der Waals surface area (Å²) in [5, 5.41) is 11.4. The van der Waals surface area contributed by atoms with Crippen molar-refractivity contribution in [1.29, 1.82) is 0 Å². The molecule has 1 fully saturated rings. The van der Waals surface area contributed by atoms with Crippen LogP contribution in [0.3, 0.4) is 0 Å². The number of hydrogen-bond donors (Lipinski definition) is 2. The molecule has 0 aromatic heterocycles. The molecule has 2 N–H and O–H groups in total. The Morgan fingerprint density at radius 1 is 1.32 bits per heavy atom. The van der Waals surface area contributed by atoms with Gasteiger partial charge in [0.15, 0.2) is 0 Å². The zero-order chi connectivity index (χ0) is 14.4. The molecule has 1 aliphatic heterocycles. The summed E-state index contributed by atoms with van der Waals surface area (Å²) < 4.78 is 0. The lowest BCUT2D eigenvalue weighted by Gasteiger charge is -2.33. The third-order valence-corrected chi connectivity index (χ3v) is 3.39. The zero-order valence-corrected chi connectivity index (χ0v) is 11.4. The van der Waals surface area contributed by atoms with Crippen LogP contribution in [-0.2, 0) is 9.59 Å². The van der Waals surface area contributed by atoms with Gasteiger partial charge in [0, 0.05) is 40.2 Å². The van der Waals surface area contributed by atoms with Crippen molar-refractivity contribution >= 4 is 17.9 Å². The number of hydrogen-bond acceptors (Lipinski definition) is 3. The number of piperidine rings is 1. The molecule has 19 heavy (non-hydrogen) atoms. The maximum atomic E-state index is 12.0. The molecule has 0 radical (unpaired) electrons. The van der Waals surface area contributed by atoms with Crippen LogP contribution in [0.25, 0.3) is 0 Å². The van der Waals surface area contributed by atoms with E-state index in [0.717, 1.165) is 0 Å². The number of carbonyl (C=O) groups is 3. The molecule has 1 aliphatic rings. The number of nitrogens with zero attached hydrogens (tertiary/aromatic N) is 2. The molecule has 0 aromatic carbocycles. The maximum Gasteiger partial charge on any atom is 0.319 e. The maximum absolute atomic E-state index is 12.0. The second-order valence-electron chi connectivity index (χ2n) is 4.73. The van der Waals surface area contributed by atoms with Crippen molar-refractivity contribution in [3.8, 4) is 0 Å². The minimum absolute atomic E-state index is 0.107. The van der Waals surface area contributed by atoms with Crippen LogP contribution in [-0.4, -0.2) is 66.5 Å². The average Bonchev–Trinajstić information content (AvgIpc) is 2.43. The number of amides is 3. The van der Waals surface area contributed by atoms with Crippen LogP contribution in [0.4, 0.5) is 4.79 Å². The van der Waals surface area contributed by atoms with E-state index in [1.807, 2.05) is 0 Å². The average molecular weight is 271 g/mol. The van der Waals surface area contributed by atoms with Crippen LogP contribution >= 0.6 is 0 Å². The Balaban J connectivity index is 2.37. The molecule has 0 spiro atoms. The van der Waals surface area contributed by atoms with E-state index in [-0.39, 0.29) is 24.3 Å². The van der Waals surface area contributed by atoms with Crippen LogP contribution in [0.15, 0.2) is 0 Å². The first-order valence-electron chi connectivity index (χ1n) is 6.39. The van der Waals surface area contributed by atoms with Gasteiger partial charge in [-0.2, -0.15) is 0 Å². The second-order valence-corrected chi connectivity index (χ2v) is 4.73. The molecular weight excluding hydrogens is 250 g/mol. The number of carboxylic acids is 1. The summed E-state index contributed by atoms with van der Waals surface area (Å²) >= 11 is 0. The second kappa shape index (κ2) is 6.96. The highest BCUT2D eigenvalue weighted by molar-refractivity contribution is 5.78. The molecule has 0 aliphatic carbocycles. The summed E-state index contributed by atoms with van der Waals surface area (Å²) in [5.74, 6) is -1.25. The predicted molar refractivity (Wildman–Crippen MR) is 68.6 cm³/mol. The normalized spacial score (nSPS) is 16.0. The number of urea groups is 1. The number of likely N-dealkylation sites (tertiary alicyclic amines) is 1. The minimum Gasteiger partial charge on any atom is -0.481 e. The third-order valence-electron chi connectivity index (χ3n) is 3.39. The summed E-state index contributed by atoms with van der Waals surface area (Å²) in [5.41, 5.74) is 0. The first-order chi connectivity index (χ1) is 8.95. The smallest absolute Gasteiger partial charge is 0.319 e. The summed E-state index contributed by atoms with van der Waals surface area (Å²) in [4.78, 5) is 37.1. The molecular formula is C12H21N3O4. The summed E-state index contributed by atoms with van der Waals surface area (Å²) in [6, 6.07) is -0.146. The quantitative estimate of drug-likeness (QED) is 0.751. The minimum atomic E-state index is -0.792. The molecule has 7 nitrogen and oxygen atoms in total. The van der Waals surface area contributed by atoms with Gasteiger partial charge in [0.1, 0.15) is 0 Å². The Kier molecular flexibility index (Phi) is 5.59. The molecule has 1 saturated heterocycles. The highest BCUT2D eigenvalue weighted by Gasteiger charge is 2.28. The van der Waals surface area contributed by atoms with Crippen molar-refractivity contribution in [2.75, 3.05) is 33.7 Å². The van der Waals surface area contributed by atoms with Crippen molar-refractivity contribution in [1.82, 2.24) is 15.1 Å². The molecule has 0 aromatic rings. The van der Waals surface area contributed by atoms with Gasteiger partial charge in [0.2, 0.25) is 5.91 Å². The van der Waals surface area contributed by atoms with Gasteiger partial charge in [0.05, 0.1) is 5.92 Å². The van der Waals surface area contributed by atoms with Gasteiger partial charge in [-0.25, -0.2) is 4.79 Å². The molecule has 108 valence electrons. The Morgan fingerprint density at radius 3 is 2.37 bits per heavy atom. The summed E-state index contributed by atoms with van der Waals surface area (Å²) in [6.45, 7) is 1.28. The van der Waals surface area contributed by atoms with Crippen LogP contribution in [0.5, 0.6) is 0 Å². The van der Waals surface area contributed by atoms with Crippen molar-refractivity contribution in [3.05, 3.63) is 0 Å². The van der Waals surface area contributed by atoms with Crippen LogP contribution in [0, 0.1) is 5.92 Å². The van der Waals surface area contributed by atoms with Gasteiger partial charge in [-0.3, -0.25) is 9.59 Å². The molecule has 0 unspecified atom stereocenters. The van der Waals surface area contributed by atoms with Gasteiger partial charge in [-0.15, -0.1) is 0 Å². The Labute approximate surface area is 112 Å². The van der Waals surface area contributed by atoms with E-state index < -0.39 is 5.97 Å². The van der Waals surface area contributed by atoms with Gasteiger partial charge in [-0.05, 0) is 12.8 Å². The largest absolute Gasteiger partial charge is 0.481 e. The molecule has 0 bridgehead atoms. The van der Waals surface area contributed by atoms with Crippen molar-refractivity contribution < 1.29 is 19.5 Å². The fourth-order valence-corrected chi connectivity index (χ4v) is 2.05. The van der Waals surface area contributed by atoms with Crippen molar-refractivity contribution in [2.24, 2.45) is 5.92 Å². The first-order valence-corrected chi connectivity index (χ1v) is 6.39. The van der Waals surface area contributed by atoms with Crippen molar-refractivity contribution in [2.45, 2.75) is 19.3 Å². The number of carbonyl (C=O) groups excluding carboxylic acids is 2. The number of aliphatic carboxylic acids is 1. The monoisotopic (exact) mass is 271 g/mol. The lowest BCUT2D eigenvalue weighted by atomic mass is 9.97. The lowest BCUT2D eigenvalue weighted by Crippen LogP contribution is -2.46. The van der Waals surface area contributed by atoms with E-state index >= 15 is 0 Å². The SMILES string of the molecule is CNC(=O)CCN(C)C(=O)N1CCC(C(=O)O)CC1. The molecule has 7 heteroatoms. The first kappa shape index (κ1) is 15.3. The third kappa shape index (κ3) is 4.42. The van der Waals surface area contributed by atoms with E-state index in [1.54, 1.807) is 19.0 Å². The Bertz CT molecular complexity index is 351. The summed E-state index contributed by atoms with van der Waals surface area (Å²) in [6.07, 6.45) is 1.25. The van der Waals surface area contributed by atoms with E-state index in [1.165, 1.54) is 4.90 Å². The van der Waals surface area contributed by atoms with E-state index in [4.69, 9.17) is 5.11 Å². The zero-order valence-electron chi connectivity index (χ0n) is 11.4. The molecule has 1 heterocycles. The van der Waals surface area contributed by atoms with Crippen molar-refractivity contribution in [3.63, 3.8) is 0 Å². The Hall–Kier alpha value is -1.79. The topological polar surface area (TPSA) is 90.0 Å². The van der Waals surface area contributed by atoms with E-state index in [0.29, 0.717) is 32.5 Å². The lowest BCUT2D eigenvalue weighted by molar-refractivity contribution is -0.143. The molecule has 3 amide bonds. The van der Waals surface area contributed by atoms with Gasteiger partial charge in [0.25, 0.3) is 0 Å². The number of rotatable bonds is 4. The number of nitrogens with one attached hydrogen (secondary N) is 1. The number of carboxylic acid groups (broad SMARTS) is 1. The van der Waals surface area contributed by atoms with Crippen LogP contribution in [0.2, 0.25) is 0 Å². The van der Waals surface area contributed by atoms with Gasteiger partial charge < -0.3 is 20.2 Å². The standard InChI is InChI=1S/C12H21N3O4/c1-13-10(16)5-6-14(2)12(19)15-7-3-9(4-8-15)11(17)18/h9H,3-8H2,1-2H3,(H,13,16)(H,17,18). The molecule has 0 saturated carbocycles. The highest BCUT2D eigenvalue weighted by Crippen LogP contribution is 2.18. The highest BCUT2D eigenvalue weighted by atomic mass is 16.4. The Morgan fingerprint density at radius 2 is 1.89 bits per heavy atom. The molecule has 0 atom stereocenters. The van der Waals surface area contributed by atoms with Gasteiger partial charge >= 0.3 is 12.0 Å². The van der Waals surface area contributed by atoms with Crippen LogP contribution in [0.1, 0.15) is 19.3 Å². The fourth-order valence-electron chi connectivity index (χ4n) is 2.05.